The highest BCUT2D eigenvalue weighted by Gasteiger charge is 2.28. The molecule has 0 saturated heterocycles. The Morgan fingerprint density at radius 1 is 0.750 bits per heavy atom. The van der Waals surface area contributed by atoms with E-state index in [1.807, 2.05) is 0 Å². The number of carbonyl (C=O) groups excluding carboxylic acids is 2. The van der Waals surface area contributed by atoms with Crippen LogP contribution in [0, 0.1) is 0 Å². The molecule has 1 saturated carbocycles. The Hall–Kier alpha value is -2.44. The number of anilines is 2. The van der Waals surface area contributed by atoms with Crippen LogP contribution in [-0.4, -0.2) is 24.1 Å². The highest BCUT2D eigenvalue weighted by atomic mass is 35.5. The van der Waals surface area contributed by atoms with Gasteiger partial charge in [-0.05, 0) is 49.2 Å². The molecule has 6 nitrogen and oxygen atoms in total. The van der Waals surface area contributed by atoms with Crippen molar-refractivity contribution < 1.29 is 9.59 Å². The highest BCUT2D eigenvalue weighted by Crippen LogP contribution is 2.20. The molecule has 1 fully saturated rings. The van der Waals surface area contributed by atoms with Crippen LogP contribution in [0.5, 0.6) is 0 Å². The third-order valence-electron chi connectivity index (χ3n) is 4.56. The van der Waals surface area contributed by atoms with Crippen molar-refractivity contribution in [1.82, 2.24) is 10.6 Å². The Kier molecular flexibility index (Phi) is 7.01. The van der Waals surface area contributed by atoms with Gasteiger partial charge >= 0.3 is 12.1 Å². The quantitative estimate of drug-likeness (QED) is 0.544. The van der Waals surface area contributed by atoms with Crippen molar-refractivity contribution in [3.8, 4) is 0 Å². The summed E-state index contributed by atoms with van der Waals surface area (Å²) in [6.07, 6.45) is 3.59. The maximum atomic E-state index is 12.3. The first kappa shape index (κ1) is 20.3. The molecule has 0 bridgehead atoms. The second kappa shape index (κ2) is 9.66. The minimum Gasteiger partial charge on any atom is -0.333 e. The molecule has 2 aromatic rings. The molecule has 148 valence electrons. The van der Waals surface area contributed by atoms with Gasteiger partial charge in [-0.2, -0.15) is 0 Å². The van der Waals surface area contributed by atoms with E-state index >= 15 is 0 Å². The Bertz CT molecular complexity index is 777. The summed E-state index contributed by atoms with van der Waals surface area (Å²) in [6, 6.07) is 12.9. The molecule has 1 aliphatic carbocycles. The maximum absolute atomic E-state index is 12.3. The summed E-state index contributed by atoms with van der Waals surface area (Å²) in [5.41, 5.74) is 1.23. The molecule has 4 amide bonds. The Balaban J connectivity index is 1.55. The first-order chi connectivity index (χ1) is 13.5. The number of benzene rings is 2. The molecule has 0 heterocycles. The van der Waals surface area contributed by atoms with Crippen molar-refractivity contribution in [3.05, 3.63) is 58.6 Å². The largest absolute Gasteiger partial charge is 0.333 e. The maximum Gasteiger partial charge on any atom is 0.319 e. The second-order valence-electron chi connectivity index (χ2n) is 6.72. The summed E-state index contributed by atoms with van der Waals surface area (Å²) in [7, 11) is 0. The van der Waals surface area contributed by atoms with Gasteiger partial charge in [0.15, 0.2) is 0 Å². The fraction of sp³-hybridized carbons (Fsp3) is 0.300. The smallest absolute Gasteiger partial charge is 0.319 e. The van der Waals surface area contributed by atoms with Gasteiger partial charge in [-0.3, -0.25) is 0 Å². The van der Waals surface area contributed by atoms with Gasteiger partial charge in [0.2, 0.25) is 0 Å². The summed E-state index contributed by atoms with van der Waals surface area (Å²) in [4.78, 5) is 24.7. The lowest BCUT2D eigenvalue weighted by atomic mass is 9.90. The number of urea groups is 2. The normalized spacial score (nSPS) is 18.8. The molecule has 8 heteroatoms. The van der Waals surface area contributed by atoms with Crippen LogP contribution in [0.1, 0.15) is 25.7 Å². The van der Waals surface area contributed by atoms with Gasteiger partial charge in [0, 0.05) is 21.4 Å². The fourth-order valence-corrected chi connectivity index (χ4v) is 3.66. The zero-order valence-electron chi connectivity index (χ0n) is 15.2. The molecule has 28 heavy (non-hydrogen) atoms. The van der Waals surface area contributed by atoms with E-state index in [-0.39, 0.29) is 24.1 Å². The first-order valence-corrected chi connectivity index (χ1v) is 9.91. The zero-order chi connectivity index (χ0) is 19.9. The van der Waals surface area contributed by atoms with Gasteiger partial charge in [-0.1, -0.05) is 48.2 Å². The second-order valence-corrected chi connectivity index (χ2v) is 7.59. The monoisotopic (exact) mass is 420 g/mol. The topological polar surface area (TPSA) is 82.3 Å². The van der Waals surface area contributed by atoms with E-state index in [1.54, 1.807) is 48.5 Å². The summed E-state index contributed by atoms with van der Waals surface area (Å²) in [5.74, 6) is 0. The minimum absolute atomic E-state index is 0.155. The van der Waals surface area contributed by atoms with Crippen LogP contribution >= 0.6 is 23.2 Å². The van der Waals surface area contributed by atoms with Gasteiger partial charge in [0.05, 0.1) is 12.1 Å². The Morgan fingerprint density at radius 2 is 1.18 bits per heavy atom. The zero-order valence-corrected chi connectivity index (χ0v) is 16.7. The summed E-state index contributed by atoms with van der Waals surface area (Å²) >= 11 is 11.9. The van der Waals surface area contributed by atoms with Crippen LogP contribution in [-0.2, 0) is 0 Å². The molecular formula is C20H22Cl2N4O2. The number of hydrogen-bond acceptors (Lipinski definition) is 2. The molecule has 0 spiro atoms. The highest BCUT2D eigenvalue weighted by molar-refractivity contribution is 6.31. The lowest BCUT2D eigenvalue weighted by molar-refractivity contribution is 0.225. The van der Waals surface area contributed by atoms with E-state index in [4.69, 9.17) is 23.2 Å². The predicted octanol–water partition coefficient (Wildman–Crippen LogP) is 5.25. The molecule has 0 unspecified atom stereocenters. The van der Waals surface area contributed by atoms with Gasteiger partial charge in [-0.25, -0.2) is 9.59 Å². The van der Waals surface area contributed by atoms with E-state index in [0.29, 0.717) is 21.4 Å². The molecule has 0 aromatic heterocycles. The van der Waals surface area contributed by atoms with E-state index < -0.39 is 0 Å². The number of amides is 4. The molecule has 1 aliphatic rings. The van der Waals surface area contributed by atoms with Crippen molar-refractivity contribution in [2.45, 2.75) is 37.8 Å². The van der Waals surface area contributed by atoms with Gasteiger partial charge in [-0.15, -0.1) is 0 Å². The van der Waals surface area contributed by atoms with Crippen LogP contribution in [0.3, 0.4) is 0 Å². The minimum atomic E-state index is -0.323. The van der Waals surface area contributed by atoms with Crippen molar-refractivity contribution in [3.63, 3.8) is 0 Å². The van der Waals surface area contributed by atoms with Gasteiger partial charge < -0.3 is 21.3 Å². The van der Waals surface area contributed by atoms with E-state index in [9.17, 15) is 9.59 Å². The van der Waals surface area contributed by atoms with Crippen molar-refractivity contribution in [1.29, 1.82) is 0 Å². The van der Waals surface area contributed by atoms with Crippen LogP contribution in [0.4, 0.5) is 21.0 Å². The molecule has 0 aliphatic heterocycles. The number of halogens is 2. The Morgan fingerprint density at radius 3 is 1.57 bits per heavy atom. The standard InChI is InChI=1S/C20H22Cl2N4O2/c21-13-5-3-7-15(11-13)23-19(27)25-17-9-1-2-10-18(17)26-20(28)24-16-8-4-6-14(22)12-16/h3-8,11-12,17-18H,1-2,9-10H2,(H2,23,25,27)(H2,24,26,28)/t17-,18-/m1/s1. The number of rotatable bonds is 4. The lowest BCUT2D eigenvalue weighted by Gasteiger charge is -2.32. The molecule has 4 N–H and O–H groups in total. The lowest BCUT2D eigenvalue weighted by Crippen LogP contribution is -2.54. The van der Waals surface area contributed by atoms with E-state index in [0.717, 1.165) is 25.7 Å². The van der Waals surface area contributed by atoms with Crippen LogP contribution in [0.2, 0.25) is 10.0 Å². The molecular weight excluding hydrogens is 399 g/mol. The molecule has 3 rings (SSSR count). The third kappa shape index (κ3) is 6.04. The van der Waals surface area contributed by atoms with E-state index in [2.05, 4.69) is 21.3 Å². The average Bonchev–Trinajstić information content (AvgIpc) is 2.63. The average molecular weight is 421 g/mol. The number of nitrogens with one attached hydrogen (secondary N) is 4. The molecule has 2 atom stereocenters. The summed E-state index contributed by atoms with van der Waals surface area (Å²) in [6.45, 7) is 0. The fourth-order valence-electron chi connectivity index (χ4n) is 3.28. The predicted molar refractivity (Wildman–Crippen MR) is 113 cm³/mol. The summed E-state index contributed by atoms with van der Waals surface area (Å²) < 4.78 is 0. The van der Waals surface area contributed by atoms with Crippen molar-refractivity contribution in [2.75, 3.05) is 10.6 Å². The molecule has 0 radical (unpaired) electrons. The van der Waals surface area contributed by atoms with Crippen LogP contribution in [0.25, 0.3) is 0 Å². The first-order valence-electron chi connectivity index (χ1n) is 9.16. The summed E-state index contributed by atoms with van der Waals surface area (Å²) in [5, 5.41) is 12.6. The van der Waals surface area contributed by atoms with Crippen molar-refractivity contribution in [2.24, 2.45) is 0 Å². The van der Waals surface area contributed by atoms with Gasteiger partial charge in [0.1, 0.15) is 0 Å². The van der Waals surface area contributed by atoms with Crippen LogP contribution in [0.15, 0.2) is 48.5 Å². The SMILES string of the molecule is O=C(Nc1cccc(Cl)c1)N[C@@H]1CCCC[C@H]1NC(=O)Nc1cccc(Cl)c1. The van der Waals surface area contributed by atoms with Crippen molar-refractivity contribution >= 4 is 46.6 Å². The van der Waals surface area contributed by atoms with Crippen LogP contribution < -0.4 is 21.3 Å². The van der Waals surface area contributed by atoms with Gasteiger partial charge in [0.25, 0.3) is 0 Å². The Labute approximate surface area is 174 Å². The van der Waals surface area contributed by atoms with E-state index in [1.165, 1.54) is 0 Å². The number of carbonyl (C=O) groups is 2. The number of hydrogen-bond donors (Lipinski definition) is 4. The molecule has 2 aromatic carbocycles. The third-order valence-corrected chi connectivity index (χ3v) is 5.03.